The molecule has 70 valence electrons. The van der Waals surface area contributed by atoms with E-state index < -0.39 is 11.6 Å². The van der Waals surface area contributed by atoms with Crippen LogP contribution in [0.4, 0.5) is 4.39 Å². The van der Waals surface area contributed by atoms with Gasteiger partial charge in [0.15, 0.2) is 5.78 Å². The van der Waals surface area contributed by atoms with E-state index in [1.807, 2.05) is 0 Å². The first-order chi connectivity index (χ1) is 6.06. The molecule has 0 saturated heterocycles. The van der Waals surface area contributed by atoms with Crippen LogP contribution in [0.25, 0.3) is 0 Å². The molecule has 0 N–H and O–H groups in total. The van der Waals surface area contributed by atoms with Gasteiger partial charge in [-0.05, 0) is 40.5 Å². The second kappa shape index (κ2) is 4.20. The second-order valence-electron chi connectivity index (χ2n) is 2.66. The number of halogens is 3. The topological polar surface area (TPSA) is 17.1 Å². The van der Waals surface area contributed by atoms with Crippen LogP contribution in [-0.2, 0) is 0 Å². The summed E-state index contributed by atoms with van der Waals surface area (Å²) < 4.78 is 13.7. The number of ketones is 1. The van der Waals surface area contributed by atoms with Gasteiger partial charge in [0, 0.05) is 4.47 Å². The summed E-state index contributed by atoms with van der Waals surface area (Å²) in [7, 11) is 0. The zero-order chi connectivity index (χ0) is 10.0. The molecular weight excluding hydrogens is 258 g/mol. The predicted molar refractivity (Wildman–Crippen MR) is 53.9 cm³/mol. The van der Waals surface area contributed by atoms with Crippen molar-refractivity contribution in [3.8, 4) is 0 Å². The van der Waals surface area contributed by atoms with E-state index >= 15 is 0 Å². The molecule has 0 radical (unpaired) electrons. The van der Waals surface area contributed by atoms with Crippen LogP contribution in [0.15, 0.2) is 16.6 Å². The molecule has 0 aromatic heterocycles. The van der Waals surface area contributed by atoms with Gasteiger partial charge in [-0.25, -0.2) is 4.39 Å². The van der Waals surface area contributed by atoms with Crippen molar-refractivity contribution in [3.05, 3.63) is 33.5 Å². The van der Waals surface area contributed by atoms with Gasteiger partial charge in [0.25, 0.3) is 0 Å². The van der Waals surface area contributed by atoms with Gasteiger partial charge >= 0.3 is 0 Å². The van der Waals surface area contributed by atoms with Crippen molar-refractivity contribution < 1.29 is 9.18 Å². The van der Waals surface area contributed by atoms with Crippen LogP contribution in [0.2, 0.25) is 0 Å². The minimum atomic E-state index is -0.530. The normalized spacial score (nSPS) is 10.2. The van der Waals surface area contributed by atoms with E-state index in [9.17, 15) is 9.18 Å². The Balaban J connectivity index is 3.28. The van der Waals surface area contributed by atoms with Crippen LogP contribution in [0.3, 0.4) is 0 Å². The first-order valence-corrected chi connectivity index (χ1v) is 4.94. The van der Waals surface area contributed by atoms with Gasteiger partial charge in [-0.15, -0.1) is 11.6 Å². The molecule has 0 fully saturated rings. The Morgan fingerprint density at radius 2 is 2.23 bits per heavy atom. The van der Waals surface area contributed by atoms with E-state index in [1.54, 1.807) is 13.0 Å². The molecule has 1 rings (SSSR count). The molecule has 0 atom stereocenters. The van der Waals surface area contributed by atoms with Gasteiger partial charge in [-0.2, -0.15) is 0 Å². The lowest BCUT2D eigenvalue weighted by atomic mass is 10.1. The summed E-state index contributed by atoms with van der Waals surface area (Å²) in [6.45, 7) is 1.75. The van der Waals surface area contributed by atoms with Gasteiger partial charge in [0.05, 0.1) is 11.4 Å². The Kier molecular flexibility index (Phi) is 3.45. The Morgan fingerprint density at radius 3 is 2.69 bits per heavy atom. The lowest BCUT2D eigenvalue weighted by Gasteiger charge is -2.04. The quantitative estimate of drug-likeness (QED) is 0.592. The molecule has 0 aliphatic heterocycles. The molecule has 0 aliphatic carbocycles. The standard InChI is InChI=1S/C9H7BrClFO/c1-5-2-6(10)9(7(12)3-5)8(13)4-11/h2-3H,4H2,1H3. The zero-order valence-corrected chi connectivity index (χ0v) is 9.25. The van der Waals surface area contributed by atoms with Crippen molar-refractivity contribution in [1.82, 2.24) is 0 Å². The molecule has 0 heterocycles. The van der Waals surface area contributed by atoms with Crippen molar-refractivity contribution in [2.24, 2.45) is 0 Å². The minimum Gasteiger partial charge on any atom is -0.293 e. The molecular formula is C9H7BrClFO. The highest BCUT2D eigenvalue weighted by atomic mass is 79.9. The smallest absolute Gasteiger partial charge is 0.181 e. The number of rotatable bonds is 2. The summed E-state index contributed by atoms with van der Waals surface area (Å²) in [6, 6.07) is 2.99. The van der Waals surface area contributed by atoms with Crippen LogP contribution < -0.4 is 0 Å². The Morgan fingerprint density at radius 1 is 1.62 bits per heavy atom. The SMILES string of the molecule is Cc1cc(F)c(C(=O)CCl)c(Br)c1. The predicted octanol–water partition coefficient (Wildman–Crippen LogP) is 3.32. The number of aryl methyl sites for hydroxylation is 1. The van der Waals surface area contributed by atoms with Crippen LogP contribution in [0.1, 0.15) is 15.9 Å². The van der Waals surface area contributed by atoms with E-state index in [2.05, 4.69) is 15.9 Å². The van der Waals surface area contributed by atoms with E-state index in [-0.39, 0.29) is 11.4 Å². The van der Waals surface area contributed by atoms with Gasteiger partial charge in [-0.1, -0.05) is 0 Å². The Hall–Kier alpha value is -0.410. The van der Waals surface area contributed by atoms with Crippen molar-refractivity contribution >= 4 is 33.3 Å². The number of carbonyl (C=O) groups is 1. The molecule has 13 heavy (non-hydrogen) atoms. The van der Waals surface area contributed by atoms with Crippen molar-refractivity contribution in [2.45, 2.75) is 6.92 Å². The number of benzene rings is 1. The molecule has 0 bridgehead atoms. The first kappa shape index (κ1) is 10.7. The number of hydrogen-bond donors (Lipinski definition) is 0. The van der Waals surface area contributed by atoms with Crippen molar-refractivity contribution in [2.75, 3.05) is 5.88 Å². The largest absolute Gasteiger partial charge is 0.293 e. The van der Waals surface area contributed by atoms with Gasteiger partial charge in [-0.3, -0.25) is 4.79 Å². The van der Waals surface area contributed by atoms with E-state index in [4.69, 9.17) is 11.6 Å². The van der Waals surface area contributed by atoms with Gasteiger partial charge < -0.3 is 0 Å². The molecule has 1 aromatic carbocycles. The number of hydrogen-bond acceptors (Lipinski definition) is 1. The monoisotopic (exact) mass is 264 g/mol. The first-order valence-electron chi connectivity index (χ1n) is 3.61. The number of Topliss-reactive ketones (excluding diaryl/α,β-unsaturated/α-hetero) is 1. The minimum absolute atomic E-state index is 0.0283. The summed E-state index contributed by atoms with van der Waals surface area (Å²) in [5.74, 6) is -1.15. The third kappa shape index (κ3) is 2.29. The highest BCUT2D eigenvalue weighted by Crippen LogP contribution is 2.22. The molecule has 4 heteroatoms. The van der Waals surface area contributed by atoms with E-state index in [0.717, 1.165) is 5.56 Å². The Bertz CT molecular complexity index is 328. The third-order valence-electron chi connectivity index (χ3n) is 1.59. The summed E-state index contributed by atoms with van der Waals surface area (Å²) in [4.78, 5) is 11.2. The average Bonchev–Trinajstić information content (AvgIpc) is 2.02. The van der Waals surface area contributed by atoms with E-state index in [0.29, 0.717) is 4.47 Å². The van der Waals surface area contributed by atoms with Crippen LogP contribution >= 0.6 is 27.5 Å². The van der Waals surface area contributed by atoms with Crippen LogP contribution in [0.5, 0.6) is 0 Å². The molecule has 0 saturated carbocycles. The maximum atomic E-state index is 13.2. The molecule has 1 aromatic rings. The van der Waals surface area contributed by atoms with Crippen molar-refractivity contribution in [1.29, 1.82) is 0 Å². The maximum Gasteiger partial charge on any atom is 0.181 e. The number of alkyl halides is 1. The van der Waals surface area contributed by atoms with Gasteiger partial charge in [0.2, 0.25) is 0 Å². The van der Waals surface area contributed by atoms with Crippen LogP contribution in [-0.4, -0.2) is 11.7 Å². The third-order valence-corrected chi connectivity index (χ3v) is 2.45. The molecule has 0 spiro atoms. The van der Waals surface area contributed by atoms with Crippen molar-refractivity contribution in [3.63, 3.8) is 0 Å². The summed E-state index contributed by atoms with van der Waals surface area (Å²) in [6.07, 6.45) is 0. The molecule has 0 amide bonds. The summed E-state index contributed by atoms with van der Waals surface area (Å²) in [5, 5.41) is 0. The van der Waals surface area contributed by atoms with Crippen LogP contribution in [0, 0.1) is 12.7 Å². The Labute approximate surface area is 89.0 Å². The highest BCUT2D eigenvalue weighted by Gasteiger charge is 2.14. The fourth-order valence-electron chi connectivity index (χ4n) is 1.03. The lowest BCUT2D eigenvalue weighted by Crippen LogP contribution is -2.05. The summed E-state index contributed by atoms with van der Waals surface area (Å²) >= 11 is 8.45. The zero-order valence-electron chi connectivity index (χ0n) is 6.90. The highest BCUT2D eigenvalue weighted by molar-refractivity contribution is 9.10. The fourth-order valence-corrected chi connectivity index (χ4v) is 1.94. The lowest BCUT2D eigenvalue weighted by molar-refractivity contribution is 0.101. The molecule has 0 unspecified atom stereocenters. The second-order valence-corrected chi connectivity index (χ2v) is 3.78. The average molecular weight is 266 g/mol. The molecule has 1 nitrogen and oxygen atoms in total. The summed E-state index contributed by atoms with van der Waals surface area (Å²) in [5.41, 5.74) is 0.788. The number of carbonyl (C=O) groups excluding carboxylic acids is 1. The van der Waals surface area contributed by atoms with E-state index in [1.165, 1.54) is 6.07 Å². The maximum absolute atomic E-state index is 13.2. The van der Waals surface area contributed by atoms with Gasteiger partial charge in [0.1, 0.15) is 5.82 Å². The fraction of sp³-hybridized carbons (Fsp3) is 0.222. The molecule has 0 aliphatic rings.